The van der Waals surface area contributed by atoms with E-state index in [-0.39, 0.29) is 22.9 Å². The van der Waals surface area contributed by atoms with Crippen molar-refractivity contribution in [2.24, 2.45) is 0 Å². The van der Waals surface area contributed by atoms with Gasteiger partial charge in [-0.3, -0.25) is 0 Å². The fourth-order valence-corrected chi connectivity index (χ4v) is 7.34. The molecule has 4 aromatic rings. The summed E-state index contributed by atoms with van der Waals surface area (Å²) < 4.78 is 208. The SMILES string of the molecule is [C-]#[N+]c1cc(F)cc(Oc2ccc3c4c2[C@@H](F)[C@@H](F)[C@]4(O)C(F)(F)C3(F)F)c1.[C-]#[N+]c1cc(F)cc(Oc2ccc3c4c2[C@@H](F)[C@H](F)[C@]4(O)C(F)(F)C3(F)F)c1. The van der Waals surface area contributed by atoms with Crippen LogP contribution in [0.1, 0.15) is 45.7 Å². The quantitative estimate of drug-likeness (QED) is 0.159. The molecule has 0 amide bonds. The fourth-order valence-electron chi connectivity index (χ4n) is 7.34. The van der Waals surface area contributed by atoms with Gasteiger partial charge in [0.15, 0.2) is 47.3 Å². The fraction of sp³-hybridized carbons (Fsp3) is 0.278. The Morgan fingerprint density at radius 3 is 1.20 bits per heavy atom. The maximum absolute atomic E-state index is 14.5. The molecule has 0 aromatic heterocycles. The lowest BCUT2D eigenvalue weighted by Crippen LogP contribution is -2.53. The zero-order valence-electron chi connectivity index (χ0n) is 27.0. The lowest BCUT2D eigenvalue weighted by Gasteiger charge is -2.32. The van der Waals surface area contributed by atoms with E-state index in [0.29, 0.717) is 24.3 Å². The summed E-state index contributed by atoms with van der Waals surface area (Å²) in [4.78, 5) is 5.95. The monoisotopic (exact) mass is 806 g/mol. The standard InChI is InChI=1S/2C18H8F7NO2/c2*1-26-8-4-7(19)5-9(6-8)28-11-3-2-10-13-12(11)14(20)15(21)16(13,27)18(24,25)17(10,22)23/h2*2-6,14-15,27H/t14-,15+,16+;14-,15-,16+/m11/s1. The summed E-state index contributed by atoms with van der Waals surface area (Å²) in [6.07, 6.45) is -12.5. The van der Waals surface area contributed by atoms with Crippen LogP contribution < -0.4 is 9.47 Å². The van der Waals surface area contributed by atoms with E-state index < -0.39 is 116 Å². The lowest BCUT2D eigenvalue weighted by atomic mass is 9.93. The van der Waals surface area contributed by atoms with Crippen LogP contribution in [0.25, 0.3) is 9.69 Å². The van der Waals surface area contributed by atoms with Crippen molar-refractivity contribution in [1.82, 2.24) is 0 Å². The Morgan fingerprint density at radius 2 is 0.875 bits per heavy atom. The minimum atomic E-state index is -5.30. The van der Waals surface area contributed by atoms with Crippen molar-refractivity contribution in [2.75, 3.05) is 0 Å². The van der Waals surface area contributed by atoms with Crippen molar-refractivity contribution in [3.8, 4) is 23.0 Å². The highest BCUT2D eigenvalue weighted by Crippen LogP contribution is 2.71. The molecule has 8 rings (SSSR count). The van der Waals surface area contributed by atoms with Crippen molar-refractivity contribution < 1.29 is 81.2 Å². The highest BCUT2D eigenvalue weighted by Gasteiger charge is 2.84. The van der Waals surface area contributed by atoms with Gasteiger partial charge < -0.3 is 19.7 Å². The third-order valence-electron chi connectivity index (χ3n) is 9.89. The van der Waals surface area contributed by atoms with Crippen LogP contribution in [-0.2, 0) is 23.0 Å². The number of halogens is 14. The largest absolute Gasteiger partial charge is 0.458 e. The normalized spacial score (nSPS) is 28.7. The molecule has 0 spiro atoms. The Balaban J connectivity index is 0.000000172. The molecule has 0 heterocycles. The first-order valence-corrected chi connectivity index (χ1v) is 15.5. The third kappa shape index (κ3) is 4.68. The summed E-state index contributed by atoms with van der Waals surface area (Å²) in [5, 5.41) is 20.2. The first-order valence-electron chi connectivity index (χ1n) is 15.5. The van der Waals surface area contributed by atoms with Crippen molar-refractivity contribution in [3.05, 3.63) is 129 Å². The minimum absolute atomic E-state index is 0.206. The molecule has 4 aliphatic rings. The van der Waals surface area contributed by atoms with Crippen LogP contribution in [-0.4, -0.2) is 34.4 Å². The number of hydrogen-bond donors (Lipinski definition) is 2. The van der Waals surface area contributed by atoms with Gasteiger partial charge in [0, 0.05) is 45.5 Å². The topological polar surface area (TPSA) is 67.6 Å². The van der Waals surface area contributed by atoms with Gasteiger partial charge in [-0.2, -0.15) is 35.1 Å². The summed E-state index contributed by atoms with van der Waals surface area (Å²) in [6, 6.07) is 7.68. The van der Waals surface area contributed by atoms with E-state index in [0.717, 1.165) is 36.4 Å². The predicted molar refractivity (Wildman–Crippen MR) is 161 cm³/mol. The van der Waals surface area contributed by atoms with Crippen molar-refractivity contribution in [3.63, 3.8) is 0 Å². The zero-order valence-corrected chi connectivity index (χ0v) is 27.0. The van der Waals surface area contributed by atoms with Crippen LogP contribution in [0.5, 0.6) is 23.0 Å². The third-order valence-corrected chi connectivity index (χ3v) is 9.89. The summed E-state index contributed by atoms with van der Waals surface area (Å²) >= 11 is 0. The Morgan fingerprint density at radius 1 is 0.536 bits per heavy atom. The number of aliphatic hydroxyl groups is 2. The Kier molecular flexibility index (Phi) is 8.25. The van der Waals surface area contributed by atoms with Crippen LogP contribution >= 0.6 is 0 Å². The Labute approximate surface area is 303 Å². The van der Waals surface area contributed by atoms with E-state index in [1.807, 2.05) is 0 Å². The van der Waals surface area contributed by atoms with E-state index in [4.69, 9.17) is 22.6 Å². The van der Waals surface area contributed by atoms with E-state index in [1.54, 1.807) is 0 Å². The molecular weight excluding hydrogens is 790 g/mol. The average Bonchev–Trinajstić information content (AvgIpc) is 3.57. The van der Waals surface area contributed by atoms with Crippen molar-refractivity contribution in [1.29, 1.82) is 0 Å². The molecule has 0 radical (unpaired) electrons. The van der Waals surface area contributed by atoms with Gasteiger partial charge in [0.2, 0.25) is 0 Å². The van der Waals surface area contributed by atoms with Gasteiger partial charge in [0.1, 0.15) is 34.6 Å². The second kappa shape index (κ2) is 12.0. The highest BCUT2D eigenvalue weighted by molar-refractivity contribution is 5.64. The molecule has 0 bridgehead atoms. The summed E-state index contributed by atoms with van der Waals surface area (Å²) in [6.45, 7) is 13.7. The number of benzene rings is 4. The van der Waals surface area contributed by atoms with Gasteiger partial charge in [0.25, 0.3) is 0 Å². The molecule has 0 unspecified atom stereocenters. The van der Waals surface area contributed by atoms with E-state index >= 15 is 0 Å². The lowest BCUT2D eigenvalue weighted by molar-refractivity contribution is -0.302. The number of alkyl halides is 12. The Bertz CT molecular complexity index is 2260. The average molecular weight is 807 g/mol. The summed E-state index contributed by atoms with van der Waals surface area (Å²) in [5.41, 5.74) is -15.9. The number of rotatable bonds is 4. The first kappa shape index (κ1) is 38.7. The Hall–Kier alpha value is -5.60. The molecule has 292 valence electrons. The van der Waals surface area contributed by atoms with Gasteiger partial charge in [-0.15, -0.1) is 0 Å². The van der Waals surface area contributed by atoms with Gasteiger partial charge in [0.05, 0.1) is 13.1 Å². The van der Waals surface area contributed by atoms with Crippen LogP contribution in [0, 0.1) is 24.8 Å². The van der Waals surface area contributed by atoms with Gasteiger partial charge in [-0.05, 0) is 48.5 Å². The molecule has 56 heavy (non-hydrogen) atoms. The first-order chi connectivity index (χ1) is 25.9. The van der Waals surface area contributed by atoms with Crippen LogP contribution in [0.2, 0.25) is 0 Å². The van der Waals surface area contributed by atoms with Gasteiger partial charge in [-0.1, -0.05) is 0 Å². The second-order valence-electron chi connectivity index (χ2n) is 13.0. The summed E-state index contributed by atoms with van der Waals surface area (Å²) in [5.74, 6) is -24.3. The maximum atomic E-state index is 14.5. The van der Waals surface area contributed by atoms with Gasteiger partial charge >= 0.3 is 23.7 Å². The minimum Gasteiger partial charge on any atom is -0.458 e. The number of hydrogen-bond acceptors (Lipinski definition) is 4. The molecular formula is C36H16F14N2O4. The molecule has 0 saturated heterocycles. The molecule has 4 aromatic carbocycles. The van der Waals surface area contributed by atoms with Crippen LogP contribution in [0.4, 0.5) is 72.8 Å². The van der Waals surface area contributed by atoms with Crippen LogP contribution in [0.15, 0.2) is 60.7 Å². The highest BCUT2D eigenvalue weighted by atomic mass is 19.3. The second-order valence-corrected chi connectivity index (χ2v) is 13.0. The number of ether oxygens (including phenoxy) is 2. The van der Waals surface area contributed by atoms with E-state index in [2.05, 4.69) is 9.69 Å². The molecule has 6 atom stereocenters. The smallest absolute Gasteiger partial charge is 0.349 e. The van der Waals surface area contributed by atoms with E-state index in [9.17, 15) is 71.7 Å². The van der Waals surface area contributed by atoms with Crippen LogP contribution in [0.3, 0.4) is 0 Å². The molecule has 0 aliphatic heterocycles. The molecule has 20 heteroatoms. The van der Waals surface area contributed by atoms with Gasteiger partial charge in [-0.25, -0.2) is 36.0 Å². The molecule has 6 nitrogen and oxygen atoms in total. The van der Waals surface area contributed by atoms with Crippen molar-refractivity contribution >= 4 is 11.4 Å². The summed E-state index contributed by atoms with van der Waals surface area (Å²) in [7, 11) is 0. The molecule has 4 aliphatic carbocycles. The predicted octanol–water partition coefficient (Wildman–Crippen LogP) is 10.9. The number of nitrogens with zero attached hydrogens (tertiary/aromatic N) is 2. The van der Waals surface area contributed by atoms with E-state index in [1.165, 1.54) is 0 Å². The molecule has 0 fully saturated rings. The zero-order chi connectivity index (χ0) is 41.3. The van der Waals surface area contributed by atoms with Crippen molar-refractivity contribution in [2.45, 2.75) is 59.6 Å². The maximum Gasteiger partial charge on any atom is 0.349 e. The molecule has 0 saturated carbocycles. The molecule has 2 N–H and O–H groups in total.